The van der Waals surface area contributed by atoms with Crippen LogP contribution in [0.4, 0.5) is 5.82 Å². The van der Waals surface area contributed by atoms with Gasteiger partial charge in [-0.25, -0.2) is 9.97 Å². The number of nitrogens with zero attached hydrogens (tertiary/aromatic N) is 3. The van der Waals surface area contributed by atoms with Gasteiger partial charge in [-0.3, -0.25) is 4.79 Å². The first kappa shape index (κ1) is 19.8. The van der Waals surface area contributed by atoms with Crippen LogP contribution in [0.3, 0.4) is 0 Å². The van der Waals surface area contributed by atoms with E-state index in [1.54, 1.807) is 13.1 Å². The molecular formula is C25H28N4O2. The Morgan fingerprint density at radius 3 is 2.68 bits per heavy atom. The van der Waals surface area contributed by atoms with E-state index in [9.17, 15) is 4.79 Å². The molecule has 1 saturated heterocycles. The van der Waals surface area contributed by atoms with Crippen LogP contribution in [0.25, 0.3) is 10.9 Å². The van der Waals surface area contributed by atoms with Crippen LogP contribution in [0.1, 0.15) is 44.1 Å². The van der Waals surface area contributed by atoms with Gasteiger partial charge < -0.3 is 15.0 Å². The van der Waals surface area contributed by atoms with Crippen molar-refractivity contribution < 1.29 is 9.53 Å². The lowest BCUT2D eigenvalue weighted by molar-refractivity contribution is -0.129. The van der Waals surface area contributed by atoms with E-state index in [0.717, 1.165) is 61.4 Å². The van der Waals surface area contributed by atoms with Gasteiger partial charge in [0.25, 0.3) is 0 Å². The van der Waals surface area contributed by atoms with Gasteiger partial charge in [0.1, 0.15) is 11.9 Å². The predicted octanol–water partition coefficient (Wildman–Crippen LogP) is 4.38. The van der Waals surface area contributed by atoms with E-state index in [2.05, 4.69) is 28.5 Å². The molecule has 0 atom stereocenters. The van der Waals surface area contributed by atoms with Crippen molar-refractivity contribution in [1.82, 2.24) is 14.9 Å². The number of aromatic nitrogens is 2. The zero-order chi connectivity index (χ0) is 21.2. The maximum atomic E-state index is 11.6. The molecule has 6 heteroatoms. The van der Waals surface area contributed by atoms with Gasteiger partial charge in [0, 0.05) is 56.0 Å². The molecule has 0 radical (unpaired) electrons. The predicted molar refractivity (Wildman–Crippen MR) is 121 cm³/mol. The van der Waals surface area contributed by atoms with Gasteiger partial charge in [0.2, 0.25) is 11.8 Å². The fourth-order valence-corrected chi connectivity index (χ4v) is 4.61. The molecule has 1 amide bonds. The van der Waals surface area contributed by atoms with Gasteiger partial charge in [-0.2, -0.15) is 0 Å². The van der Waals surface area contributed by atoms with E-state index in [1.165, 1.54) is 5.56 Å². The van der Waals surface area contributed by atoms with Gasteiger partial charge in [-0.1, -0.05) is 24.3 Å². The lowest BCUT2D eigenvalue weighted by Gasteiger charge is -2.37. The van der Waals surface area contributed by atoms with Gasteiger partial charge in [0.05, 0.1) is 5.52 Å². The summed E-state index contributed by atoms with van der Waals surface area (Å²) in [7, 11) is 0. The number of nitrogens with one attached hydrogen (secondary N) is 1. The molecule has 2 aromatic heterocycles. The third-order valence-corrected chi connectivity index (χ3v) is 6.50. The summed E-state index contributed by atoms with van der Waals surface area (Å²) in [5, 5.41) is 4.68. The summed E-state index contributed by atoms with van der Waals surface area (Å²) in [6.07, 6.45) is 5.77. The number of benzene rings is 1. The molecular weight excluding hydrogens is 388 g/mol. The molecule has 2 fully saturated rings. The second-order valence-corrected chi connectivity index (χ2v) is 8.62. The molecule has 31 heavy (non-hydrogen) atoms. The maximum Gasteiger partial charge on any atom is 0.219 e. The monoisotopic (exact) mass is 416 g/mol. The standard InChI is InChI=1S/C25H28N4O2/c1-17(30)29-13-10-18(11-14-29)22-6-4-12-26-25(22)31-21-15-20(16-21)27-24-9-8-19-5-2-3-7-23(19)28-24/h2-9,12,18,20-21H,10-11,13-16H2,1H3,(H,27,28)/t20-,21-. The van der Waals surface area contributed by atoms with Crippen LogP contribution in [0.5, 0.6) is 5.88 Å². The summed E-state index contributed by atoms with van der Waals surface area (Å²) in [6.45, 7) is 3.26. The normalized spacial score (nSPS) is 21.5. The molecule has 0 spiro atoms. The molecule has 0 unspecified atom stereocenters. The summed E-state index contributed by atoms with van der Waals surface area (Å²) < 4.78 is 6.30. The molecule has 6 nitrogen and oxygen atoms in total. The van der Waals surface area contributed by atoms with Crippen LogP contribution >= 0.6 is 0 Å². The van der Waals surface area contributed by atoms with Crippen LogP contribution in [-0.4, -0.2) is 46.0 Å². The molecule has 0 bridgehead atoms. The highest BCUT2D eigenvalue weighted by molar-refractivity contribution is 5.80. The zero-order valence-corrected chi connectivity index (χ0v) is 17.8. The highest BCUT2D eigenvalue weighted by Gasteiger charge is 2.33. The smallest absolute Gasteiger partial charge is 0.219 e. The number of rotatable bonds is 5. The first-order valence-electron chi connectivity index (χ1n) is 11.1. The third-order valence-electron chi connectivity index (χ3n) is 6.50. The van der Waals surface area contributed by atoms with Crippen LogP contribution < -0.4 is 10.1 Å². The molecule has 2 aliphatic rings. The number of carbonyl (C=O) groups excluding carboxylic acids is 1. The topological polar surface area (TPSA) is 67.4 Å². The van der Waals surface area contributed by atoms with Crippen LogP contribution in [0.2, 0.25) is 0 Å². The average molecular weight is 417 g/mol. The van der Waals surface area contributed by atoms with E-state index >= 15 is 0 Å². The van der Waals surface area contributed by atoms with Crippen molar-refractivity contribution in [2.75, 3.05) is 18.4 Å². The van der Waals surface area contributed by atoms with Gasteiger partial charge >= 0.3 is 0 Å². The number of para-hydroxylation sites is 1. The fraction of sp³-hybridized carbons (Fsp3) is 0.400. The highest BCUT2D eigenvalue weighted by Crippen LogP contribution is 2.35. The minimum atomic E-state index is 0.162. The van der Waals surface area contributed by atoms with Crippen molar-refractivity contribution in [3.63, 3.8) is 0 Å². The van der Waals surface area contributed by atoms with Crippen LogP contribution in [0.15, 0.2) is 54.7 Å². The summed E-state index contributed by atoms with van der Waals surface area (Å²) in [5.74, 6) is 2.24. The number of hydrogen-bond acceptors (Lipinski definition) is 5. The summed E-state index contributed by atoms with van der Waals surface area (Å²) in [4.78, 5) is 22.8. The Morgan fingerprint density at radius 2 is 1.87 bits per heavy atom. The van der Waals surface area contributed by atoms with Crippen LogP contribution in [0, 0.1) is 0 Å². The van der Waals surface area contributed by atoms with Gasteiger partial charge in [-0.05, 0) is 43.0 Å². The first-order valence-corrected chi connectivity index (χ1v) is 11.1. The largest absolute Gasteiger partial charge is 0.474 e. The molecule has 1 aliphatic heterocycles. The Bertz CT molecular complexity index is 1070. The Morgan fingerprint density at radius 1 is 1.06 bits per heavy atom. The summed E-state index contributed by atoms with van der Waals surface area (Å²) >= 11 is 0. The number of hydrogen-bond donors (Lipinski definition) is 1. The number of pyridine rings is 2. The van der Waals surface area contributed by atoms with E-state index in [1.807, 2.05) is 35.2 Å². The maximum absolute atomic E-state index is 11.6. The fourth-order valence-electron chi connectivity index (χ4n) is 4.61. The van der Waals surface area contributed by atoms with Crippen LogP contribution in [-0.2, 0) is 4.79 Å². The molecule has 160 valence electrons. The number of carbonyl (C=O) groups is 1. The molecule has 1 aromatic carbocycles. The molecule has 5 rings (SSSR count). The minimum absolute atomic E-state index is 0.162. The Labute approximate surface area is 182 Å². The van der Waals surface area contributed by atoms with Crippen molar-refractivity contribution in [2.45, 2.75) is 50.7 Å². The van der Waals surface area contributed by atoms with E-state index in [4.69, 9.17) is 9.72 Å². The number of ether oxygens (including phenoxy) is 1. The molecule has 1 aliphatic carbocycles. The zero-order valence-electron chi connectivity index (χ0n) is 17.8. The summed E-state index contributed by atoms with van der Waals surface area (Å²) in [6, 6.07) is 16.8. The highest BCUT2D eigenvalue weighted by atomic mass is 16.5. The second-order valence-electron chi connectivity index (χ2n) is 8.62. The van der Waals surface area contributed by atoms with Gasteiger partial charge in [-0.15, -0.1) is 0 Å². The van der Waals surface area contributed by atoms with Crippen molar-refractivity contribution in [3.8, 4) is 5.88 Å². The minimum Gasteiger partial charge on any atom is -0.474 e. The van der Waals surface area contributed by atoms with Crippen molar-refractivity contribution >= 4 is 22.6 Å². The number of anilines is 1. The second kappa shape index (κ2) is 8.53. The SMILES string of the molecule is CC(=O)N1CCC(c2cccnc2O[C@H]2C[C@H](Nc3ccc4ccccc4n3)C2)CC1. The third kappa shape index (κ3) is 4.33. The lowest BCUT2D eigenvalue weighted by Crippen LogP contribution is -2.43. The van der Waals surface area contributed by atoms with E-state index in [0.29, 0.717) is 12.0 Å². The molecule has 3 heterocycles. The Kier molecular flexibility index (Phi) is 5.45. The Balaban J connectivity index is 1.17. The lowest BCUT2D eigenvalue weighted by atomic mass is 9.88. The van der Waals surface area contributed by atoms with E-state index in [-0.39, 0.29) is 12.0 Å². The molecule has 3 aromatic rings. The summed E-state index contributed by atoms with van der Waals surface area (Å²) in [5.41, 5.74) is 2.19. The number of piperidine rings is 1. The van der Waals surface area contributed by atoms with Crippen molar-refractivity contribution in [2.24, 2.45) is 0 Å². The molecule has 1 N–H and O–H groups in total. The van der Waals surface area contributed by atoms with Gasteiger partial charge in [0.15, 0.2) is 0 Å². The van der Waals surface area contributed by atoms with E-state index < -0.39 is 0 Å². The Hall–Kier alpha value is -3.15. The average Bonchev–Trinajstić information content (AvgIpc) is 2.78. The number of likely N-dealkylation sites (tertiary alicyclic amines) is 1. The van der Waals surface area contributed by atoms with Crippen molar-refractivity contribution in [1.29, 1.82) is 0 Å². The quantitative estimate of drug-likeness (QED) is 0.669. The number of amides is 1. The number of fused-ring (bicyclic) bond motifs is 1. The molecule has 1 saturated carbocycles. The van der Waals surface area contributed by atoms with Crippen molar-refractivity contribution in [3.05, 3.63) is 60.3 Å². The first-order chi connectivity index (χ1) is 15.2.